The van der Waals surface area contributed by atoms with Crippen LogP contribution in [0.4, 0.5) is 0 Å². The van der Waals surface area contributed by atoms with Crippen LogP contribution < -0.4 is 10.0 Å². The zero-order chi connectivity index (χ0) is 15.5. The Labute approximate surface area is 131 Å². The van der Waals surface area contributed by atoms with Crippen molar-refractivity contribution in [3.8, 4) is 0 Å². The highest BCUT2D eigenvalue weighted by molar-refractivity contribution is 7.91. The fraction of sp³-hybridized carbons (Fsp3) is 0.714. The predicted octanol–water partition coefficient (Wildman–Crippen LogP) is 1.87. The van der Waals surface area contributed by atoms with E-state index in [2.05, 4.69) is 23.9 Å². The third-order valence-electron chi connectivity index (χ3n) is 3.52. The van der Waals surface area contributed by atoms with Gasteiger partial charge in [0.1, 0.15) is 4.21 Å². The van der Waals surface area contributed by atoms with Crippen LogP contribution in [0.1, 0.15) is 30.7 Å². The Morgan fingerprint density at radius 1 is 1.48 bits per heavy atom. The fourth-order valence-electron chi connectivity index (χ4n) is 2.14. The molecule has 0 spiro atoms. The molecule has 2 heterocycles. The molecule has 1 aromatic heterocycles. The van der Waals surface area contributed by atoms with Gasteiger partial charge in [-0.1, -0.05) is 13.8 Å². The fourth-order valence-corrected chi connectivity index (χ4v) is 4.84. The number of nitrogens with one attached hydrogen (secondary N) is 2. The average molecular weight is 332 g/mol. The Morgan fingerprint density at radius 3 is 2.86 bits per heavy atom. The lowest BCUT2D eigenvalue weighted by Gasteiger charge is -2.09. The Hall–Kier alpha value is -0.470. The van der Waals surface area contributed by atoms with Crippen molar-refractivity contribution in [2.45, 2.75) is 44.0 Å². The van der Waals surface area contributed by atoms with Gasteiger partial charge in [0, 0.05) is 30.6 Å². The molecular weight excluding hydrogens is 308 g/mol. The molecular formula is C14H24N2O3S2. The minimum atomic E-state index is -3.40. The third kappa shape index (κ3) is 4.75. The van der Waals surface area contributed by atoms with E-state index in [4.69, 9.17) is 4.74 Å². The smallest absolute Gasteiger partial charge is 0.250 e. The van der Waals surface area contributed by atoms with Crippen LogP contribution in [0.15, 0.2) is 10.3 Å². The molecule has 0 aliphatic carbocycles. The normalized spacial score (nSPS) is 19.5. The summed E-state index contributed by atoms with van der Waals surface area (Å²) >= 11 is 1.35. The highest BCUT2D eigenvalue weighted by Gasteiger charge is 2.22. The van der Waals surface area contributed by atoms with E-state index in [0.29, 0.717) is 35.9 Å². The quantitative estimate of drug-likeness (QED) is 0.800. The van der Waals surface area contributed by atoms with Crippen molar-refractivity contribution in [2.75, 3.05) is 19.8 Å². The molecule has 7 heteroatoms. The van der Waals surface area contributed by atoms with Crippen LogP contribution in [-0.4, -0.2) is 34.2 Å². The summed E-state index contributed by atoms with van der Waals surface area (Å²) < 4.78 is 33.0. The molecule has 1 aromatic rings. The number of aryl methyl sites for hydroxylation is 1. The van der Waals surface area contributed by atoms with Crippen LogP contribution in [0, 0.1) is 12.8 Å². The maximum atomic E-state index is 12.3. The van der Waals surface area contributed by atoms with Crippen LogP contribution in [0.25, 0.3) is 0 Å². The van der Waals surface area contributed by atoms with E-state index in [9.17, 15) is 8.42 Å². The molecule has 120 valence electrons. The van der Waals surface area contributed by atoms with Crippen LogP contribution in [0.5, 0.6) is 0 Å². The molecule has 1 fully saturated rings. The molecule has 1 atom stereocenters. The summed E-state index contributed by atoms with van der Waals surface area (Å²) in [5.74, 6) is 0.294. The van der Waals surface area contributed by atoms with Gasteiger partial charge in [0.05, 0.1) is 6.61 Å². The molecule has 5 nitrogen and oxygen atoms in total. The molecule has 0 radical (unpaired) electrons. The van der Waals surface area contributed by atoms with E-state index in [1.54, 1.807) is 6.07 Å². The first-order valence-corrected chi connectivity index (χ1v) is 9.58. The second-order valence-corrected chi connectivity index (χ2v) is 8.92. The van der Waals surface area contributed by atoms with E-state index in [-0.39, 0.29) is 0 Å². The van der Waals surface area contributed by atoms with Crippen LogP contribution in [0.3, 0.4) is 0 Å². The summed E-state index contributed by atoms with van der Waals surface area (Å²) in [6.45, 7) is 8.65. The summed E-state index contributed by atoms with van der Waals surface area (Å²) in [4.78, 5) is 1.08. The Kier molecular flexibility index (Phi) is 5.79. The minimum absolute atomic E-state index is 0.294. The second kappa shape index (κ2) is 7.19. The minimum Gasteiger partial charge on any atom is -0.381 e. The summed E-state index contributed by atoms with van der Waals surface area (Å²) in [5.41, 5.74) is 1.03. The predicted molar refractivity (Wildman–Crippen MR) is 85.1 cm³/mol. The zero-order valence-electron chi connectivity index (χ0n) is 12.8. The first-order chi connectivity index (χ1) is 9.88. The molecule has 1 aliphatic rings. The molecule has 0 bridgehead atoms. The third-order valence-corrected chi connectivity index (χ3v) is 6.65. The lowest BCUT2D eigenvalue weighted by Crippen LogP contribution is -2.29. The van der Waals surface area contributed by atoms with Gasteiger partial charge in [-0.3, -0.25) is 0 Å². The zero-order valence-corrected chi connectivity index (χ0v) is 14.4. The summed E-state index contributed by atoms with van der Waals surface area (Å²) in [5, 5.41) is 3.32. The molecule has 21 heavy (non-hydrogen) atoms. The van der Waals surface area contributed by atoms with Crippen LogP contribution >= 0.6 is 11.3 Å². The maximum absolute atomic E-state index is 12.3. The Balaban J connectivity index is 2.00. The molecule has 1 saturated heterocycles. The molecule has 1 unspecified atom stereocenters. The van der Waals surface area contributed by atoms with Crippen molar-refractivity contribution in [2.24, 2.45) is 5.92 Å². The van der Waals surface area contributed by atoms with Gasteiger partial charge in [-0.05, 0) is 30.9 Å². The summed E-state index contributed by atoms with van der Waals surface area (Å²) in [6.07, 6.45) is 0.926. The summed E-state index contributed by atoms with van der Waals surface area (Å²) in [7, 11) is -3.40. The topological polar surface area (TPSA) is 67.4 Å². The van der Waals surface area contributed by atoms with Gasteiger partial charge in [-0.25, -0.2) is 13.1 Å². The number of rotatable bonds is 7. The number of hydrogen-bond acceptors (Lipinski definition) is 5. The molecule has 2 N–H and O–H groups in total. The standard InChI is InChI=1S/C14H24N2O3S2/c1-10(2)15-8-13-11(3)6-14(20-13)21(17,18)16-7-12-4-5-19-9-12/h6,10,12,15-16H,4-5,7-9H2,1-3H3. The Bertz CT molecular complexity index is 561. The van der Waals surface area contributed by atoms with Gasteiger partial charge in [0.2, 0.25) is 10.0 Å². The lowest BCUT2D eigenvalue weighted by molar-refractivity contribution is 0.186. The highest BCUT2D eigenvalue weighted by atomic mass is 32.2. The van der Waals surface area contributed by atoms with E-state index < -0.39 is 10.0 Å². The molecule has 0 amide bonds. The molecule has 2 rings (SSSR count). The van der Waals surface area contributed by atoms with E-state index in [0.717, 1.165) is 23.5 Å². The monoisotopic (exact) mass is 332 g/mol. The second-order valence-electron chi connectivity index (χ2n) is 5.79. The van der Waals surface area contributed by atoms with Crippen molar-refractivity contribution < 1.29 is 13.2 Å². The van der Waals surface area contributed by atoms with Crippen molar-refractivity contribution in [1.82, 2.24) is 10.0 Å². The first kappa shape index (κ1) is 16.9. The van der Waals surface area contributed by atoms with Crippen molar-refractivity contribution in [3.05, 3.63) is 16.5 Å². The first-order valence-electron chi connectivity index (χ1n) is 7.28. The van der Waals surface area contributed by atoms with Crippen molar-refractivity contribution in [3.63, 3.8) is 0 Å². The van der Waals surface area contributed by atoms with Gasteiger partial charge in [-0.15, -0.1) is 11.3 Å². The summed E-state index contributed by atoms with van der Waals surface area (Å²) in [6, 6.07) is 2.14. The largest absolute Gasteiger partial charge is 0.381 e. The maximum Gasteiger partial charge on any atom is 0.250 e. The van der Waals surface area contributed by atoms with Crippen molar-refractivity contribution >= 4 is 21.4 Å². The van der Waals surface area contributed by atoms with Gasteiger partial charge < -0.3 is 10.1 Å². The number of sulfonamides is 1. The average Bonchev–Trinajstić information content (AvgIpc) is 3.04. The van der Waals surface area contributed by atoms with Crippen LogP contribution in [0.2, 0.25) is 0 Å². The molecule has 1 aliphatic heterocycles. The van der Waals surface area contributed by atoms with E-state index in [1.165, 1.54) is 11.3 Å². The van der Waals surface area contributed by atoms with Gasteiger partial charge in [0.15, 0.2) is 0 Å². The van der Waals surface area contributed by atoms with Gasteiger partial charge in [-0.2, -0.15) is 0 Å². The lowest BCUT2D eigenvalue weighted by atomic mass is 10.1. The van der Waals surface area contributed by atoms with Gasteiger partial charge >= 0.3 is 0 Å². The SMILES string of the molecule is Cc1cc(S(=O)(=O)NCC2CCOC2)sc1CNC(C)C. The van der Waals surface area contributed by atoms with Crippen LogP contribution in [-0.2, 0) is 21.3 Å². The Morgan fingerprint density at radius 2 is 2.24 bits per heavy atom. The van der Waals surface area contributed by atoms with Gasteiger partial charge in [0.25, 0.3) is 0 Å². The van der Waals surface area contributed by atoms with E-state index in [1.807, 2.05) is 6.92 Å². The van der Waals surface area contributed by atoms with Crippen molar-refractivity contribution in [1.29, 1.82) is 0 Å². The number of thiophene rings is 1. The van der Waals surface area contributed by atoms with E-state index >= 15 is 0 Å². The highest BCUT2D eigenvalue weighted by Crippen LogP contribution is 2.26. The number of hydrogen-bond donors (Lipinski definition) is 2. The number of ether oxygens (including phenoxy) is 1. The molecule has 0 saturated carbocycles. The molecule has 0 aromatic carbocycles.